The Morgan fingerprint density at radius 2 is 1.47 bits per heavy atom. The molecule has 0 fully saturated rings. The Morgan fingerprint density at radius 3 is 2.03 bits per heavy atom. The van der Waals surface area contributed by atoms with E-state index < -0.39 is 27.8 Å². The second kappa shape index (κ2) is 12.2. The van der Waals surface area contributed by atoms with Crippen LogP contribution in [0.3, 0.4) is 0 Å². The van der Waals surface area contributed by atoms with Crippen LogP contribution in [0.4, 0.5) is 17.1 Å². The maximum atomic E-state index is 12.4. The van der Waals surface area contributed by atoms with E-state index >= 15 is 0 Å². The van der Waals surface area contributed by atoms with Gasteiger partial charge < -0.3 is 24.7 Å². The lowest BCUT2D eigenvalue weighted by Gasteiger charge is -2.11. The second-order valence-corrected chi connectivity index (χ2v) is 9.44. The Kier molecular flexibility index (Phi) is 9.00. The fraction of sp³-hybridized carbons (Fsp3) is 0.261. The van der Waals surface area contributed by atoms with Crippen molar-refractivity contribution < 1.29 is 33.0 Å². The van der Waals surface area contributed by atoms with Gasteiger partial charge in [-0.1, -0.05) is 0 Å². The number of hydrogen-bond donors (Lipinski definition) is 3. The van der Waals surface area contributed by atoms with Gasteiger partial charge in [0.25, 0.3) is 0 Å². The molecule has 0 saturated carbocycles. The lowest BCUT2D eigenvalue weighted by molar-refractivity contribution is -0.146. The minimum absolute atomic E-state index is 0.0129. The average molecular weight is 518 g/mol. The van der Waals surface area contributed by atoms with E-state index in [0.717, 1.165) is 17.8 Å². The molecule has 36 heavy (non-hydrogen) atoms. The molecular weight excluding hydrogens is 490 g/mol. The number of anilines is 1. The zero-order valence-electron chi connectivity index (χ0n) is 19.7. The molecule has 0 saturated heterocycles. The first kappa shape index (κ1) is 26.7. The maximum Gasteiger partial charge on any atom is 0.335 e. The van der Waals surface area contributed by atoms with E-state index in [-0.39, 0.29) is 31.1 Å². The van der Waals surface area contributed by atoms with Crippen LogP contribution >= 0.6 is 0 Å². The van der Waals surface area contributed by atoms with Crippen molar-refractivity contribution in [1.82, 2.24) is 9.45 Å². The van der Waals surface area contributed by atoms with Crippen molar-refractivity contribution in [3.05, 3.63) is 60.7 Å². The van der Waals surface area contributed by atoms with Crippen LogP contribution in [0.2, 0.25) is 0 Å². The van der Waals surface area contributed by atoms with Crippen molar-refractivity contribution in [2.24, 2.45) is 10.2 Å². The number of nitrogens with zero attached hydrogens (tertiary/aromatic N) is 4. The predicted octanol–water partition coefficient (Wildman–Crippen LogP) is 2.72. The molecule has 0 bridgehead atoms. The highest BCUT2D eigenvalue weighted by atomic mass is 32.2. The van der Waals surface area contributed by atoms with Gasteiger partial charge in [0.05, 0.1) is 35.9 Å². The van der Waals surface area contributed by atoms with Gasteiger partial charge in [-0.3, -0.25) is 0 Å². The SMILES string of the molecule is CN(C)c1ccc(N=Nc2ccc(S(=O)(=O)NCCOCCC(=O)On3c(O)ccc3O)cc2)cc1. The summed E-state index contributed by atoms with van der Waals surface area (Å²) in [7, 11) is 0.128. The predicted molar refractivity (Wildman–Crippen MR) is 131 cm³/mol. The van der Waals surface area contributed by atoms with Crippen molar-refractivity contribution in [3.63, 3.8) is 0 Å². The third kappa shape index (κ3) is 7.53. The number of carbonyl (C=O) groups excluding carboxylic acids is 1. The number of ether oxygens (including phenoxy) is 1. The molecule has 0 aliphatic heterocycles. The molecule has 0 amide bonds. The van der Waals surface area contributed by atoms with Crippen LogP contribution in [-0.4, -0.2) is 63.2 Å². The summed E-state index contributed by atoms with van der Waals surface area (Å²) in [5, 5.41) is 27.1. The zero-order chi connectivity index (χ0) is 26.1. The van der Waals surface area contributed by atoms with Crippen molar-refractivity contribution in [1.29, 1.82) is 0 Å². The standard InChI is InChI=1S/C23H27N5O7S/c1-27(2)19-7-3-17(4-8-19)25-26-18-5-9-20(10-6-18)36(32,33)24-14-16-34-15-13-23(31)35-28-21(29)11-12-22(28)30/h3-12,24,29-30H,13-16H2,1-2H3. The lowest BCUT2D eigenvalue weighted by atomic mass is 10.3. The van der Waals surface area contributed by atoms with Crippen molar-refractivity contribution in [2.45, 2.75) is 11.3 Å². The van der Waals surface area contributed by atoms with Crippen LogP contribution < -0.4 is 14.5 Å². The van der Waals surface area contributed by atoms with E-state index in [0.29, 0.717) is 16.1 Å². The number of carbonyl (C=O) groups is 1. The van der Waals surface area contributed by atoms with Gasteiger partial charge in [-0.25, -0.2) is 17.9 Å². The minimum Gasteiger partial charge on any atom is -0.492 e. The molecule has 0 aliphatic rings. The number of sulfonamides is 1. The third-order valence-corrected chi connectivity index (χ3v) is 6.25. The number of hydrogen-bond acceptors (Lipinski definition) is 10. The highest BCUT2D eigenvalue weighted by Crippen LogP contribution is 2.22. The van der Waals surface area contributed by atoms with Gasteiger partial charge in [-0.15, -0.1) is 4.73 Å². The Morgan fingerprint density at radius 1 is 0.917 bits per heavy atom. The molecule has 1 aromatic heterocycles. The van der Waals surface area contributed by atoms with E-state index in [1.807, 2.05) is 43.3 Å². The normalized spacial score (nSPS) is 11.6. The van der Waals surface area contributed by atoms with E-state index in [2.05, 4.69) is 15.0 Å². The van der Waals surface area contributed by atoms with Gasteiger partial charge in [0.15, 0.2) is 0 Å². The summed E-state index contributed by atoms with van der Waals surface area (Å²) in [6.45, 7) is -0.0344. The lowest BCUT2D eigenvalue weighted by Crippen LogP contribution is -2.28. The van der Waals surface area contributed by atoms with Crippen LogP contribution in [-0.2, 0) is 19.6 Å². The Labute approximate surface area is 208 Å². The molecular formula is C23H27N5O7S. The van der Waals surface area contributed by atoms with Crippen LogP contribution in [0.15, 0.2) is 75.8 Å². The van der Waals surface area contributed by atoms with Crippen molar-refractivity contribution >= 4 is 33.1 Å². The zero-order valence-corrected chi connectivity index (χ0v) is 20.6. The highest BCUT2D eigenvalue weighted by Gasteiger charge is 2.14. The molecule has 0 unspecified atom stereocenters. The molecule has 0 atom stereocenters. The summed E-state index contributed by atoms with van der Waals surface area (Å²) in [4.78, 5) is 18.5. The first-order valence-corrected chi connectivity index (χ1v) is 12.3. The monoisotopic (exact) mass is 517 g/mol. The van der Waals surface area contributed by atoms with Crippen LogP contribution in [0.5, 0.6) is 11.8 Å². The molecule has 3 N–H and O–H groups in total. The number of azo groups is 1. The summed E-state index contributed by atoms with van der Waals surface area (Å²) >= 11 is 0. The Balaban J connectivity index is 1.40. The van der Waals surface area contributed by atoms with Gasteiger partial charge in [-0.05, 0) is 48.5 Å². The van der Waals surface area contributed by atoms with E-state index in [1.54, 1.807) is 12.1 Å². The molecule has 1 heterocycles. The molecule has 0 radical (unpaired) electrons. The molecule has 0 spiro atoms. The van der Waals surface area contributed by atoms with E-state index in [4.69, 9.17) is 9.57 Å². The fourth-order valence-electron chi connectivity index (χ4n) is 2.86. The molecule has 192 valence electrons. The fourth-order valence-corrected chi connectivity index (χ4v) is 3.87. The average Bonchev–Trinajstić information content (AvgIpc) is 3.17. The van der Waals surface area contributed by atoms with Gasteiger partial charge in [0.2, 0.25) is 21.8 Å². The number of aromatic nitrogens is 1. The molecule has 3 rings (SSSR count). The third-order valence-electron chi connectivity index (χ3n) is 4.77. The first-order valence-electron chi connectivity index (χ1n) is 10.8. The van der Waals surface area contributed by atoms with Gasteiger partial charge in [0, 0.05) is 38.5 Å². The second-order valence-electron chi connectivity index (χ2n) is 7.67. The topological polar surface area (TPSA) is 155 Å². The number of rotatable bonds is 12. The maximum absolute atomic E-state index is 12.4. The van der Waals surface area contributed by atoms with Gasteiger partial charge in [-0.2, -0.15) is 10.2 Å². The smallest absolute Gasteiger partial charge is 0.335 e. The van der Waals surface area contributed by atoms with Crippen LogP contribution in [0, 0.1) is 0 Å². The number of aromatic hydroxyl groups is 2. The highest BCUT2D eigenvalue weighted by molar-refractivity contribution is 7.89. The molecule has 13 heteroatoms. The quantitative estimate of drug-likeness (QED) is 0.245. The van der Waals surface area contributed by atoms with Gasteiger partial charge >= 0.3 is 5.97 Å². The summed E-state index contributed by atoms with van der Waals surface area (Å²) in [6.07, 6.45) is -0.167. The first-order chi connectivity index (χ1) is 17.2. The Bertz CT molecular complexity index is 1270. The summed E-state index contributed by atoms with van der Waals surface area (Å²) in [6, 6.07) is 15.8. The summed E-state index contributed by atoms with van der Waals surface area (Å²) in [5.41, 5.74) is 2.22. The summed E-state index contributed by atoms with van der Waals surface area (Å²) in [5.74, 6) is -1.61. The largest absolute Gasteiger partial charge is 0.492 e. The van der Waals surface area contributed by atoms with Gasteiger partial charge in [0.1, 0.15) is 0 Å². The molecule has 3 aromatic rings. The van der Waals surface area contributed by atoms with Crippen LogP contribution in [0.1, 0.15) is 6.42 Å². The number of nitrogens with one attached hydrogen (secondary N) is 1. The molecule has 2 aromatic carbocycles. The minimum atomic E-state index is -3.76. The van der Waals surface area contributed by atoms with Crippen molar-refractivity contribution in [3.8, 4) is 11.8 Å². The van der Waals surface area contributed by atoms with Crippen molar-refractivity contribution in [2.75, 3.05) is 38.8 Å². The molecule has 12 nitrogen and oxygen atoms in total. The molecule has 0 aliphatic carbocycles. The number of benzene rings is 2. The Hall–Kier alpha value is -3.94. The summed E-state index contributed by atoms with van der Waals surface area (Å²) < 4.78 is 33.1. The van der Waals surface area contributed by atoms with E-state index in [1.165, 1.54) is 12.1 Å². The van der Waals surface area contributed by atoms with Crippen LogP contribution in [0.25, 0.3) is 0 Å². The van der Waals surface area contributed by atoms with E-state index in [9.17, 15) is 23.4 Å².